The van der Waals surface area contributed by atoms with Crippen LogP contribution in [0.25, 0.3) is 0 Å². The van der Waals surface area contributed by atoms with Crippen molar-refractivity contribution in [2.24, 2.45) is 11.7 Å². The van der Waals surface area contributed by atoms with Crippen molar-refractivity contribution in [3.63, 3.8) is 0 Å². The monoisotopic (exact) mass is 265 g/mol. The Morgan fingerprint density at radius 2 is 2.00 bits per heavy atom. The second-order valence-corrected chi connectivity index (χ2v) is 6.03. The topological polar surface area (TPSA) is 93.4 Å². The highest BCUT2D eigenvalue weighted by molar-refractivity contribution is 7.87. The first-order valence-corrected chi connectivity index (χ1v) is 7.52. The van der Waals surface area contributed by atoms with Gasteiger partial charge >= 0.3 is 0 Å². The molecule has 102 valence electrons. The summed E-state index contributed by atoms with van der Waals surface area (Å²) in [6.07, 6.45) is 4.28. The lowest BCUT2D eigenvalue weighted by atomic mass is 9.85. The maximum Gasteiger partial charge on any atom is 0.276 e. The van der Waals surface area contributed by atoms with Crippen LogP contribution in [0.5, 0.6) is 0 Å². The van der Waals surface area contributed by atoms with Crippen molar-refractivity contribution >= 4 is 10.2 Å². The summed E-state index contributed by atoms with van der Waals surface area (Å²) in [5.74, 6) is 0.253. The maximum atomic E-state index is 11.5. The van der Waals surface area contributed by atoms with Gasteiger partial charge in [-0.3, -0.25) is 0 Å². The molecule has 0 saturated heterocycles. The minimum absolute atomic E-state index is 0.116. The van der Waals surface area contributed by atoms with Crippen LogP contribution in [-0.4, -0.2) is 41.3 Å². The standard InChI is InChI=1S/C10H23N3O3S/c1-16-7-6-12-17(14,15)13-8-9-4-2-3-5-10(9)11/h9-10,12-13H,2-8,11H2,1H3. The van der Waals surface area contributed by atoms with Crippen molar-refractivity contribution in [1.29, 1.82) is 0 Å². The van der Waals surface area contributed by atoms with Gasteiger partial charge < -0.3 is 10.5 Å². The van der Waals surface area contributed by atoms with Gasteiger partial charge in [-0.25, -0.2) is 4.72 Å². The van der Waals surface area contributed by atoms with Gasteiger partial charge in [0.15, 0.2) is 0 Å². The van der Waals surface area contributed by atoms with E-state index in [1.807, 2.05) is 0 Å². The molecule has 0 amide bonds. The molecule has 7 heteroatoms. The van der Waals surface area contributed by atoms with Gasteiger partial charge in [0, 0.05) is 26.2 Å². The number of hydrogen-bond acceptors (Lipinski definition) is 4. The summed E-state index contributed by atoms with van der Waals surface area (Å²) in [4.78, 5) is 0. The molecule has 2 atom stereocenters. The van der Waals surface area contributed by atoms with Crippen LogP contribution in [0.15, 0.2) is 0 Å². The number of hydrogen-bond donors (Lipinski definition) is 3. The van der Waals surface area contributed by atoms with E-state index in [0.29, 0.717) is 13.2 Å². The molecule has 0 aliphatic heterocycles. The minimum atomic E-state index is -3.41. The van der Waals surface area contributed by atoms with Gasteiger partial charge in [-0.2, -0.15) is 13.1 Å². The molecule has 4 N–H and O–H groups in total. The number of rotatable bonds is 7. The largest absolute Gasteiger partial charge is 0.383 e. The lowest BCUT2D eigenvalue weighted by molar-refractivity contribution is 0.204. The van der Waals surface area contributed by atoms with Crippen molar-refractivity contribution in [3.05, 3.63) is 0 Å². The van der Waals surface area contributed by atoms with Crippen LogP contribution in [-0.2, 0) is 14.9 Å². The molecule has 0 heterocycles. The molecule has 1 aliphatic rings. The van der Waals surface area contributed by atoms with Crippen LogP contribution in [0.1, 0.15) is 25.7 Å². The molecule has 0 aromatic rings. The van der Waals surface area contributed by atoms with Crippen LogP contribution in [0, 0.1) is 5.92 Å². The van der Waals surface area contributed by atoms with E-state index in [-0.39, 0.29) is 18.5 Å². The molecule has 1 aliphatic carbocycles. The van der Waals surface area contributed by atoms with E-state index >= 15 is 0 Å². The number of nitrogens with two attached hydrogens (primary N) is 1. The Hall–Kier alpha value is -0.210. The normalized spacial score (nSPS) is 26.0. The highest BCUT2D eigenvalue weighted by atomic mass is 32.2. The first kappa shape index (κ1) is 14.8. The van der Waals surface area contributed by atoms with Gasteiger partial charge in [-0.15, -0.1) is 0 Å². The average Bonchev–Trinajstić information content (AvgIpc) is 2.28. The summed E-state index contributed by atoms with van der Waals surface area (Å²) in [6.45, 7) is 1.07. The molecule has 0 aromatic heterocycles. The van der Waals surface area contributed by atoms with E-state index in [0.717, 1.165) is 25.7 Å². The molecular weight excluding hydrogens is 242 g/mol. The van der Waals surface area contributed by atoms with Crippen LogP contribution in [0.3, 0.4) is 0 Å². The van der Waals surface area contributed by atoms with E-state index in [1.54, 1.807) is 0 Å². The average molecular weight is 265 g/mol. The zero-order valence-corrected chi connectivity index (χ0v) is 11.1. The van der Waals surface area contributed by atoms with E-state index < -0.39 is 10.2 Å². The second-order valence-electron chi connectivity index (χ2n) is 4.45. The van der Waals surface area contributed by atoms with E-state index in [2.05, 4.69) is 9.44 Å². The van der Waals surface area contributed by atoms with Crippen LogP contribution in [0.4, 0.5) is 0 Å². The lowest BCUT2D eigenvalue weighted by Crippen LogP contribution is -2.45. The SMILES string of the molecule is COCCNS(=O)(=O)NCC1CCCCC1N. The van der Waals surface area contributed by atoms with Gasteiger partial charge in [0.2, 0.25) is 0 Å². The summed E-state index contributed by atoms with van der Waals surface area (Å²) in [7, 11) is -1.88. The van der Waals surface area contributed by atoms with Gasteiger partial charge in [0.05, 0.1) is 6.61 Å². The van der Waals surface area contributed by atoms with E-state index in [4.69, 9.17) is 10.5 Å². The van der Waals surface area contributed by atoms with Crippen molar-refractivity contribution in [1.82, 2.24) is 9.44 Å². The lowest BCUT2D eigenvalue weighted by Gasteiger charge is -2.28. The Bertz CT molecular complexity index is 308. The van der Waals surface area contributed by atoms with Crippen LogP contribution < -0.4 is 15.2 Å². The summed E-state index contributed by atoms with van der Waals surface area (Å²) in [5.41, 5.74) is 5.95. The quantitative estimate of drug-likeness (QED) is 0.545. The fourth-order valence-electron chi connectivity index (χ4n) is 2.04. The fraction of sp³-hybridized carbons (Fsp3) is 1.00. The molecule has 1 fully saturated rings. The molecule has 1 rings (SSSR count). The highest BCUT2D eigenvalue weighted by Gasteiger charge is 2.23. The smallest absolute Gasteiger partial charge is 0.276 e. The highest BCUT2D eigenvalue weighted by Crippen LogP contribution is 2.22. The Kier molecular flexibility index (Phi) is 6.35. The molecule has 6 nitrogen and oxygen atoms in total. The molecule has 17 heavy (non-hydrogen) atoms. The van der Waals surface area contributed by atoms with Gasteiger partial charge in [0.1, 0.15) is 0 Å². The Morgan fingerprint density at radius 1 is 1.29 bits per heavy atom. The molecule has 0 bridgehead atoms. The van der Waals surface area contributed by atoms with Crippen LogP contribution >= 0.6 is 0 Å². The third kappa shape index (κ3) is 5.78. The van der Waals surface area contributed by atoms with Crippen molar-refractivity contribution < 1.29 is 13.2 Å². The van der Waals surface area contributed by atoms with Crippen molar-refractivity contribution in [3.8, 4) is 0 Å². The van der Waals surface area contributed by atoms with Crippen molar-refractivity contribution in [2.75, 3.05) is 26.8 Å². The molecule has 2 unspecified atom stereocenters. The third-order valence-corrected chi connectivity index (χ3v) is 4.23. The fourth-order valence-corrected chi connectivity index (χ4v) is 2.92. The predicted octanol–water partition coefficient (Wildman–Crippen LogP) is -0.426. The number of ether oxygens (including phenoxy) is 1. The van der Waals surface area contributed by atoms with Crippen LogP contribution in [0.2, 0.25) is 0 Å². The summed E-state index contributed by atoms with van der Waals surface area (Å²) < 4.78 is 32.8. The zero-order valence-electron chi connectivity index (χ0n) is 10.3. The van der Waals surface area contributed by atoms with Gasteiger partial charge in [-0.1, -0.05) is 12.8 Å². The third-order valence-electron chi connectivity index (χ3n) is 3.10. The Labute approximate surface area is 103 Å². The minimum Gasteiger partial charge on any atom is -0.383 e. The molecule has 0 spiro atoms. The van der Waals surface area contributed by atoms with E-state index in [9.17, 15) is 8.42 Å². The second kappa shape index (κ2) is 7.27. The molecular formula is C10H23N3O3S. The van der Waals surface area contributed by atoms with Gasteiger partial charge in [-0.05, 0) is 18.8 Å². The Balaban J connectivity index is 2.28. The zero-order chi connectivity index (χ0) is 12.7. The number of methoxy groups -OCH3 is 1. The van der Waals surface area contributed by atoms with Crippen molar-refractivity contribution in [2.45, 2.75) is 31.7 Å². The summed E-state index contributed by atoms with van der Waals surface area (Å²) in [5, 5.41) is 0. The molecule has 1 saturated carbocycles. The predicted molar refractivity (Wildman–Crippen MR) is 66.7 cm³/mol. The Morgan fingerprint density at radius 3 is 2.65 bits per heavy atom. The molecule has 0 aromatic carbocycles. The van der Waals surface area contributed by atoms with E-state index in [1.165, 1.54) is 7.11 Å². The summed E-state index contributed by atoms with van der Waals surface area (Å²) >= 11 is 0. The maximum absolute atomic E-state index is 11.5. The first-order valence-electron chi connectivity index (χ1n) is 6.04. The van der Waals surface area contributed by atoms with Gasteiger partial charge in [0.25, 0.3) is 10.2 Å². The molecule has 0 radical (unpaired) electrons. The summed E-state index contributed by atoms with van der Waals surface area (Å²) in [6, 6.07) is 0.116. The number of nitrogens with one attached hydrogen (secondary N) is 2. The first-order chi connectivity index (χ1) is 8.05.